The molecule has 0 bridgehead atoms. The molecule has 3 saturated heterocycles. The lowest BCUT2D eigenvalue weighted by molar-refractivity contribution is -0.338. The van der Waals surface area contributed by atoms with E-state index in [1.807, 2.05) is 0 Å². The molecule has 3 rings (SSSR count). The first-order valence-electron chi connectivity index (χ1n) is 10.4. The lowest BCUT2D eigenvalue weighted by Gasteiger charge is -2.43. The zero-order chi connectivity index (χ0) is 24.6. The van der Waals surface area contributed by atoms with E-state index in [-0.39, 0.29) is 0 Å². The summed E-state index contributed by atoms with van der Waals surface area (Å²) in [5.74, 6) is 0. The summed E-state index contributed by atoms with van der Waals surface area (Å²) in [6, 6.07) is 0. The lowest BCUT2D eigenvalue weighted by Crippen LogP contribution is -2.62. The third-order valence-corrected chi connectivity index (χ3v) is 6.01. The van der Waals surface area contributed by atoms with E-state index < -0.39 is 105 Å². The van der Waals surface area contributed by atoms with Gasteiger partial charge in [-0.3, -0.25) is 0 Å². The second kappa shape index (κ2) is 11.0. The van der Waals surface area contributed by atoms with Crippen LogP contribution < -0.4 is 0 Å². The van der Waals surface area contributed by atoms with E-state index in [0.29, 0.717) is 0 Å². The molecule has 1 unspecified atom stereocenters. The van der Waals surface area contributed by atoms with Gasteiger partial charge in [0.25, 0.3) is 0 Å². The molecule has 15 atom stereocenters. The molecule has 0 amide bonds. The van der Waals surface area contributed by atoms with Crippen LogP contribution in [0.25, 0.3) is 0 Å². The van der Waals surface area contributed by atoms with Crippen LogP contribution in [0.2, 0.25) is 0 Å². The van der Waals surface area contributed by atoms with Gasteiger partial charge in [0.2, 0.25) is 0 Å². The first-order valence-corrected chi connectivity index (χ1v) is 10.4. The molecule has 3 fully saturated rings. The van der Waals surface area contributed by atoms with Gasteiger partial charge < -0.3 is 74.7 Å². The molecular formula is C18H32O15. The van der Waals surface area contributed by atoms with Crippen molar-refractivity contribution in [2.75, 3.05) is 13.2 Å². The minimum Gasteiger partial charge on any atom is -0.388 e. The summed E-state index contributed by atoms with van der Waals surface area (Å²) in [6.45, 7) is 0.404. The van der Waals surface area contributed by atoms with Crippen LogP contribution in [0, 0.1) is 0 Å². The van der Waals surface area contributed by atoms with Crippen molar-refractivity contribution in [2.24, 2.45) is 0 Å². The molecule has 0 aromatic heterocycles. The molecule has 3 heterocycles. The summed E-state index contributed by atoms with van der Waals surface area (Å²) < 4.78 is 26.3. The third-order valence-electron chi connectivity index (χ3n) is 6.01. The quantitative estimate of drug-likeness (QED) is 0.167. The van der Waals surface area contributed by atoms with Gasteiger partial charge in [0, 0.05) is 0 Å². The van der Waals surface area contributed by atoms with Gasteiger partial charge >= 0.3 is 0 Å². The molecular weight excluding hydrogens is 456 g/mol. The Balaban J connectivity index is 1.57. The minimum atomic E-state index is -1.80. The molecule has 0 aromatic rings. The van der Waals surface area contributed by atoms with Crippen LogP contribution in [0.3, 0.4) is 0 Å². The molecule has 10 N–H and O–H groups in total. The Hall–Kier alpha value is -0.600. The lowest BCUT2D eigenvalue weighted by atomic mass is 9.98. The molecule has 0 radical (unpaired) electrons. The van der Waals surface area contributed by atoms with Crippen LogP contribution in [-0.4, -0.2) is 156 Å². The molecule has 0 saturated carbocycles. The summed E-state index contributed by atoms with van der Waals surface area (Å²) in [7, 11) is 0. The number of aliphatic hydroxyl groups is 10. The SMILES string of the molecule is C[C@@H]1O[C@@H](OC[C@H]2O[C@@H](OC[C@H]3OC(O)[C@H](O)[C@@H](O)[C@@H]3O)[C@H](O)[C@@H](O)[C@@H]2O)[C@H](O)[C@H](O)[C@H]1O. The Morgan fingerprint density at radius 3 is 1.45 bits per heavy atom. The van der Waals surface area contributed by atoms with Crippen molar-refractivity contribution in [3.63, 3.8) is 0 Å². The van der Waals surface area contributed by atoms with Gasteiger partial charge in [-0.15, -0.1) is 0 Å². The Kier molecular flexibility index (Phi) is 8.99. The van der Waals surface area contributed by atoms with Crippen LogP contribution in [0.1, 0.15) is 6.92 Å². The van der Waals surface area contributed by atoms with Crippen molar-refractivity contribution in [1.29, 1.82) is 0 Å². The summed E-state index contributed by atoms with van der Waals surface area (Å²) >= 11 is 0. The molecule has 15 nitrogen and oxygen atoms in total. The maximum absolute atomic E-state index is 10.2. The summed E-state index contributed by atoms with van der Waals surface area (Å²) in [5.41, 5.74) is 0. The normalized spacial score (nSPS) is 53.7. The van der Waals surface area contributed by atoms with E-state index in [1.54, 1.807) is 0 Å². The number of rotatable bonds is 6. The largest absolute Gasteiger partial charge is 0.388 e. The van der Waals surface area contributed by atoms with Crippen molar-refractivity contribution in [3.8, 4) is 0 Å². The summed E-state index contributed by atoms with van der Waals surface area (Å²) in [6.07, 6.45) is -23.1. The Morgan fingerprint density at radius 1 is 0.485 bits per heavy atom. The van der Waals surface area contributed by atoms with E-state index in [9.17, 15) is 51.1 Å². The Morgan fingerprint density at radius 2 is 0.909 bits per heavy atom. The van der Waals surface area contributed by atoms with Crippen molar-refractivity contribution >= 4 is 0 Å². The molecule has 3 aliphatic rings. The predicted molar refractivity (Wildman–Crippen MR) is 99.8 cm³/mol. The molecule has 3 aliphatic heterocycles. The summed E-state index contributed by atoms with van der Waals surface area (Å²) in [5, 5.41) is 98.9. The van der Waals surface area contributed by atoms with Crippen LogP contribution in [0.5, 0.6) is 0 Å². The van der Waals surface area contributed by atoms with Gasteiger partial charge in [-0.1, -0.05) is 0 Å². The first kappa shape index (κ1) is 27.0. The second-order valence-corrected chi connectivity index (χ2v) is 8.40. The Labute approximate surface area is 187 Å². The van der Waals surface area contributed by atoms with Gasteiger partial charge in [0.15, 0.2) is 18.9 Å². The van der Waals surface area contributed by atoms with Gasteiger partial charge in [-0.2, -0.15) is 0 Å². The fraction of sp³-hybridized carbons (Fsp3) is 1.00. The van der Waals surface area contributed by atoms with E-state index in [0.717, 1.165) is 0 Å². The van der Waals surface area contributed by atoms with Gasteiger partial charge in [0.05, 0.1) is 19.3 Å². The molecule has 0 aliphatic carbocycles. The van der Waals surface area contributed by atoms with Crippen LogP contribution in [-0.2, 0) is 23.7 Å². The maximum Gasteiger partial charge on any atom is 0.186 e. The van der Waals surface area contributed by atoms with Crippen LogP contribution in [0.15, 0.2) is 0 Å². The number of hydrogen-bond donors (Lipinski definition) is 10. The molecule has 33 heavy (non-hydrogen) atoms. The van der Waals surface area contributed by atoms with Crippen molar-refractivity contribution in [2.45, 2.75) is 99.0 Å². The van der Waals surface area contributed by atoms with E-state index in [1.165, 1.54) is 6.92 Å². The zero-order valence-electron chi connectivity index (χ0n) is 17.6. The number of aliphatic hydroxyl groups excluding tert-OH is 10. The Bertz CT molecular complexity index is 576. The van der Waals surface area contributed by atoms with Gasteiger partial charge in [-0.05, 0) is 6.92 Å². The first-order chi connectivity index (χ1) is 15.4. The predicted octanol–water partition coefficient (Wildman–Crippen LogP) is -6.55. The van der Waals surface area contributed by atoms with Gasteiger partial charge in [0.1, 0.15) is 67.1 Å². The minimum absolute atomic E-state index is 0.492. The van der Waals surface area contributed by atoms with Crippen molar-refractivity contribution in [1.82, 2.24) is 0 Å². The average molecular weight is 488 g/mol. The molecule has 0 aromatic carbocycles. The fourth-order valence-electron chi connectivity index (χ4n) is 3.79. The highest BCUT2D eigenvalue weighted by Crippen LogP contribution is 2.27. The highest BCUT2D eigenvalue weighted by atomic mass is 16.7. The summed E-state index contributed by atoms with van der Waals surface area (Å²) in [4.78, 5) is 0. The zero-order valence-corrected chi connectivity index (χ0v) is 17.6. The smallest absolute Gasteiger partial charge is 0.186 e. The van der Waals surface area contributed by atoms with E-state index in [2.05, 4.69) is 0 Å². The van der Waals surface area contributed by atoms with Gasteiger partial charge in [-0.25, -0.2) is 0 Å². The standard InChI is InChI=1S/C18H32O15/c1-4-7(19)10(22)14(26)17(31-4)29-3-6-9(21)12(24)15(27)18(33-6)30-2-5-8(20)11(23)13(25)16(28)32-5/h4-28H,2-3H2,1H3/t4-,5+,6+,7-,8+,9+,10+,11-,12-,13+,14+,15+,16?,17+,18+/m0/s1. The highest BCUT2D eigenvalue weighted by Gasteiger charge is 2.48. The van der Waals surface area contributed by atoms with E-state index >= 15 is 0 Å². The van der Waals surface area contributed by atoms with Crippen LogP contribution >= 0.6 is 0 Å². The van der Waals surface area contributed by atoms with Crippen molar-refractivity contribution in [3.05, 3.63) is 0 Å². The topological polar surface area (TPSA) is 248 Å². The average Bonchev–Trinajstić information content (AvgIpc) is 2.79. The van der Waals surface area contributed by atoms with Crippen molar-refractivity contribution < 1.29 is 74.7 Å². The molecule has 15 heteroatoms. The molecule has 194 valence electrons. The number of hydrogen-bond acceptors (Lipinski definition) is 15. The number of ether oxygens (including phenoxy) is 5. The fourth-order valence-corrected chi connectivity index (χ4v) is 3.79. The molecule has 0 spiro atoms. The van der Waals surface area contributed by atoms with E-state index in [4.69, 9.17) is 23.7 Å². The maximum atomic E-state index is 10.2. The second-order valence-electron chi connectivity index (χ2n) is 8.40. The monoisotopic (exact) mass is 488 g/mol. The highest BCUT2D eigenvalue weighted by molar-refractivity contribution is 4.92. The van der Waals surface area contributed by atoms with Crippen LogP contribution in [0.4, 0.5) is 0 Å². The third kappa shape index (κ3) is 5.64.